The van der Waals surface area contributed by atoms with Crippen LogP contribution in [0.4, 0.5) is 10.6 Å². The zero-order valence-electron chi connectivity index (χ0n) is 13.6. The third-order valence-corrected chi connectivity index (χ3v) is 4.05. The van der Waals surface area contributed by atoms with Crippen molar-refractivity contribution in [1.29, 1.82) is 0 Å². The Balaban J connectivity index is 1.88. The van der Waals surface area contributed by atoms with Crippen molar-refractivity contribution >= 4 is 23.5 Å². The fourth-order valence-corrected chi connectivity index (χ4v) is 2.69. The molecule has 1 fully saturated rings. The molecule has 2 rings (SSSR count). The molecule has 1 aliphatic heterocycles. The summed E-state index contributed by atoms with van der Waals surface area (Å²) >= 11 is 6.33. The summed E-state index contributed by atoms with van der Waals surface area (Å²) in [5.74, 6) is 0.831. The van der Waals surface area contributed by atoms with Gasteiger partial charge in [0.25, 0.3) is 0 Å². The van der Waals surface area contributed by atoms with Gasteiger partial charge in [-0.1, -0.05) is 11.6 Å². The zero-order chi connectivity index (χ0) is 16.3. The maximum atomic E-state index is 11.8. The van der Waals surface area contributed by atoms with E-state index in [0.29, 0.717) is 5.02 Å². The lowest BCUT2D eigenvalue weighted by Crippen LogP contribution is -2.46. The van der Waals surface area contributed by atoms with Gasteiger partial charge in [0.2, 0.25) is 0 Å². The van der Waals surface area contributed by atoms with E-state index >= 15 is 0 Å². The van der Waals surface area contributed by atoms with E-state index in [1.165, 1.54) is 0 Å². The van der Waals surface area contributed by atoms with Gasteiger partial charge >= 0.3 is 6.09 Å². The fourth-order valence-electron chi connectivity index (χ4n) is 2.46. The van der Waals surface area contributed by atoms with Crippen LogP contribution in [0.25, 0.3) is 0 Å². The van der Waals surface area contributed by atoms with Crippen LogP contribution in [0.2, 0.25) is 5.02 Å². The summed E-state index contributed by atoms with van der Waals surface area (Å²) < 4.78 is 5.29. The Hall–Kier alpha value is -1.49. The van der Waals surface area contributed by atoms with Gasteiger partial charge in [-0.15, -0.1) is 0 Å². The molecule has 22 heavy (non-hydrogen) atoms. The Bertz CT molecular complexity index is 535. The molecule has 6 heteroatoms. The summed E-state index contributed by atoms with van der Waals surface area (Å²) in [4.78, 5) is 18.3. The number of rotatable bonds is 2. The Labute approximate surface area is 137 Å². The molecule has 0 unspecified atom stereocenters. The Kier molecular flexibility index (Phi) is 5.16. The maximum Gasteiger partial charge on any atom is 0.407 e. The van der Waals surface area contributed by atoms with Gasteiger partial charge in [-0.05, 0) is 52.2 Å². The van der Waals surface area contributed by atoms with E-state index < -0.39 is 5.60 Å². The number of carbonyl (C=O) groups is 1. The van der Waals surface area contributed by atoms with Gasteiger partial charge in [0.15, 0.2) is 0 Å². The Morgan fingerprint density at radius 1 is 1.41 bits per heavy atom. The van der Waals surface area contributed by atoms with E-state index in [1.54, 1.807) is 6.20 Å². The fraction of sp³-hybridized carbons (Fsp3) is 0.625. The quantitative estimate of drug-likeness (QED) is 0.903. The van der Waals surface area contributed by atoms with Gasteiger partial charge in [0.05, 0.1) is 5.02 Å². The van der Waals surface area contributed by atoms with Gasteiger partial charge in [-0.25, -0.2) is 9.78 Å². The van der Waals surface area contributed by atoms with Crippen LogP contribution in [0.1, 0.15) is 39.2 Å². The predicted octanol–water partition coefficient (Wildman–Crippen LogP) is 3.54. The van der Waals surface area contributed by atoms with E-state index in [-0.39, 0.29) is 12.1 Å². The number of alkyl carbamates (subject to hydrolysis) is 1. The van der Waals surface area contributed by atoms with E-state index in [9.17, 15) is 4.79 Å². The third kappa shape index (κ3) is 4.50. The molecule has 0 spiro atoms. The highest BCUT2D eigenvalue weighted by Gasteiger charge is 2.25. The average Bonchev–Trinajstić information content (AvgIpc) is 2.41. The summed E-state index contributed by atoms with van der Waals surface area (Å²) in [5.41, 5.74) is 0.560. The molecule has 1 saturated heterocycles. The lowest BCUT2D eigenvalue weighted by molar-refractivity contribution is 0.0497. The van der Waals surface area contributed by atoms with Crippen LogP contribution < -0.4 is 10.2 Å². The van der Waals surface area contributed by atoms with Crippen molar-refractivity contribution in [3.8, 4) is 0 Å². The molecular formula is C16H24ClN3O2. The molecule has 0 atom stereocenters. The number of carbonyl (C=O) groups excluding carboxylic acids is 1. The van der Waals surface area contributed by atoms with Crippen molar-refractivity contribution in [1.82, 2.24) is 10.3 Å². The number of halogens is 1. The van der Waals surface area contributed by atoms with Gasteiger partial charge in [-0.3, -0.25) is 0 Å². The number of nitrogens with one attached hydrogen (secondary N) is 1. The molecule has 0 radical (unpaired) electrons. The van der Waals surface area contributed by atoms with Crippen LogP contribution in [-0.2, 0) is 4.74 Å². The van der Waals surface area contributed by atoms with E-state index in [4.69, 9.17) is 16.3 Å². The standard InChI is InChI=1S/C16H24ClN3O2/c1-11-5-8-18-14(13(11)17)20-9-6-12(7-10-20)19-15(21)22-16(2,3)4/h5,8,12H,6-7,9-10H2,1-4H3,(H,19,21). The van der Waals surface area contributed by atoms with Crippen LogP contribution in [0.15, 0.2) is 12.3 Å². The summed E-state index contributed by atoms with van der Waals surface area (Å²) in [6, 6.07) is 2.04. The normalized spacial score (nSPS) is 16.5. The van der Waals surface area contributed by atoms with Gasteiger partial charge in [0, 0.05) is 25.3 Å². The van der Waals surface area contributed by atoms with Crippen LogP contribution in [0, 0.1) is 6.92 Å². The summed E-state index contributed by atoms with van der Waals surface area (Å²) in [5, 5.41) is 3.64. The molecule has 2 heterocycles. The lowest BCUT2D eigenvalue weighted by Gasteiger charge is -2.34. The molecule has 1 N–H and O–H groups in total. The number of nitrogens with zero attached hydrogens (tertiary/aromatic N) is 2. The predicted molar refractivity (Wildman–Crippen MR) is 88.6 cm³/mol. The number of piperidine rings is 1. The summed E-state index contributed by atoms with van der Waals surface area (Å²) in [6.45, 7) is 9.19. The molecule has 0 bridgehead atoms. The molecule has 122 valence electrons. The highest BCUT2D eigenvalue weighted by atomic mass is 35.5. The molecule has 0 aliphatic carbocycles. The Morgan fingerprint density at radius 2 is 2.05 bits per heavy atom. The van der Waals surface area contributed by atoms with Gasteiger partial charge < -0.3 is 15.0 Å². The second kappa shape index (κ2) is 6.73. The number of anilines is 1. The molecule has 1 aromatic heterocycles. The number of amides is 1. The first-order valence-corrected chi connectivity index (χ1v) is 7.99. The number of pyridine rings is 1. The average molecular weight is 326 g/mol. The molecule has 5 nitrogen and oxygen atoms in total. The highest BCUT2D eigenvalue weighted by Crippen LogP contribution is 2.28. The minimum Gasteiger partial charge on any atom is -0.444 e. The van der Waals surface area contributed by atoms with Gasteiger partial charge in [-0.2, -0.15) is 0 Å². The van der Waals surface area contributed by atoms with E-state index in [1.807, 2.05) is 33.8 Å². The highest BCUT2D eigenvalue weighted by molar-refractivity contribution is 6.33. The van der Waals surface area contributed by atoms with Crippen molar-refractivity contribution in [2.24, 2.45) is 0 Å². The first-order valence-electron chi connectivity index (χ1n) is 7.62. The SMILES string of the molecule is Cc1ccnc(N2CCC(NC(=O)OC(C)(C)C)CC2)c1Cl. The van der Waals surface area contributed by atoms with Crippen LogP contribution in [0.3, 0.4) is 0 Å². The maximum absolute atomic E-state index is 11.8. The van der Waals surface area contributed by atoms with Crippen LogP contribution in [0.5, 0.6) is 0 Å². The molecule has 1 aromatic rings. The van der Waals surface area contributed by atoms with Crippen molar-refractivity contribution < 1.29 is 9.53 Å². The monoisotopic (exact) mass is 325 g/mol. The van der Waals surface area contributed by atoms with Crippen molar-refractivity contribution in [3.63, 3.8) is 0 Å². The second-order valence-electron chi connectivity index (χ2n) is 6.67. The number of aryl methyl sites for hydroxylation is 1. The smallest absolute Gasteiger partial charge is 0.407 e. The van der Waals surface area contributed by atoms with Crippen molar-refractivity contribution in [2.45, 2.75) is 52.2 Å². The largest absolute Gasteiger partial charge is 0.444 e. The van der Waals surface area contributed by atoms with E-state index in [2.05, 4.69) is 15.2 Å². The first kappa shape index (κ1) is 16.9. The molecule has 1 aliphatic rings. The number of hydrogen-bond donors (Lipinski definition) is 1. The molecule has 0 aromatic carbocycles. The molecular weight excluding hydrogens is 302 g/mol. The molecule has 0 saturated carbocycles. The van der Waals surface area contributed by atoms with Crippen LogP contribution in [-0.4, -0.2) is 35.8 Å². The number of hydrogen-bond acceptors (Lipinski definition) is 4. The summed E-state index contributed by atoms with van der Waals surface area (Å²) in [7, 11) is 0. The summed E-state index contributed by atoms with van der Waals surface area (Å²) in [6.07, 6.45) is 3.13. The number of ether oxygens (including phenoxy) is 1. The first-order chi connectivity index (χ1) is 10.3. The number of aromatic nitrogens is 1. The third-order valence-electron chi connectivity index (χ3n) is 3.58. The second-order valence-corrected chi connectivity index (χ2v) is 7.05. The zero-order valence-corrected chi connectivity index (χ0v) is 14.4. The lowest BCUT2D eigenvalue weighted by atomic mass is 10.1. The Morgan fingerprint density at radius 3 is 2.64 bits per heavy atom. The van der Waals surface area contributed by atoms with Crippen molar-refractivity contribution in [3.05, 3.63) is 22.8 Å². The van der Waals surface area contributed by atoms with Crippen molar-refractivity contribution in [2.75, 3.05) is 18.0 Å². The van der Waals surface area contributed by atoms with Crippen LogP contribution >= 0.6 is 11.6 Å². The minimum atomic E-state index is -0.468. The van der Waals surface area contributed by atoms with E-state index in [0.717, 1.165) is 37.3 Å². The molecule has 1 amide bonds. The van der Waals surface area contributed by atoms with Gasteiger partial charge in [0.1, 0.15) is 11.4 Å². The topological polar surface area (TPSA) is 54.5 Å². The minimum absolute atomic E-state index is 0.134.